The Kier molecular flexibility index (Phi) is 7.09. The average Bonchev–Trinajstić information content (AvgIpc) is 3.26. The van der Waals surface area contributed by atoms with Crippen molar-refractivity contribution >= 4 is 35.2 Å². The Bertz CT molecular complexity index is 994. The summed E-state index contributed by atoms with van der Waals surface area (Å²) in [5.74, 6) is -0.269. The van der Waals surface area contributed by atoms with E-state index in [1.54, 1.807) is 36.7 Å². The van der Waals surface area contributed by atoms with Gasteiger partial charge in [0.2, 0.25) is 0 Å². The van der Waals surface area contributed by atoms with E-state index in [-0.39, 0.29) is 23.9 Å². The molecular weight excluding hydrogens is 414 g/mol. The lowest BCUT2D eigenvalue weighted by Crippen LogP contribution is -2.28. The van der Waals surface area contributed by atoms with Crippen molar-refractivity contribution < 1.29 is 19.1 Å². The summed E-state index contributed by atoms with van der Waals surface area (Å²) in [6.45, 7) is 0.169. The molecule has 0 saturated heterocycles. The van der Waals surface area contributed by atoms with Gasteiger partial charge in [0.05, 0.1) is 13.7 Å². The number of nitrogens with one attached hydrogen (secondary N) is 1. The molecule has 0 saturated carbocycles. The van der Waals surface area contributed by atoms with Crippen LogP contribution in [-0.2, 0) is 4.74 Å². The Balaban J connectivity index is 1.53. The van der Waals surface area contributed by atoms with Gasteiger partial charge in [0.25, 0.3) is 5.91 Å². The molecule has 0 unspecified atom stereocenters. The van der Waals surface area contributed by atoms with Crippen LogP contribution in [0, 0.1) is 0 Å². The summed E-state index contributed by atoms with van der Waals surface area (Å²) in [5.41, 5.74) is 1.40. The number of rotatable bonds is 8. The maximum atomic E-state index is 12.4. The van der Waals surface area contributed by atoms with Crippen molar-refractivity contribution in [2.45, 2.75) is 5.16 Å². The summed E-state index contributed by atoms with van der Waals surface area (Å²) < 4.78 is 14.1. The van der Waals surface area contributed by atoms with E-state index in [1.165, 1.54) is 18.9 Å². The number of ether oxygens (including phenoxy) is 2. The lowest BCUT2D eigenvalue weighted by Gasteiger charge is -2.07. The van der Waals surface area contributed by atoms with Gasteiger partial charge in [0.1, 0.15) is 18.1 Å². The largest absolute Gasteiger partial charge is 0.497 e. The molecule has 0 spiro atoms. The predicted molar refractivity (Wildman–Crippen MR) is 108 cm³/mol. The second-order valence-corrected chi connectivity index (χ2v) is 7.06. The first-order valence-electron chi connectivity index (χ1n) is 8.40. The van der Waals surface area contributed by atoms with Crippen molar-refractivity contribution in [2.24, 2.45) is 0 Å². The SMILES string of the molecule is COc1cccc(C(=O)NCCOC(=O)c2snnc2-c2cnc(SC)nc2)c1. The van der Waals surface area contributed by atoms with E-state index < -0.39 is 5.97 Å². The van der Waals surface area contributed by atoms with Crippen molar-refractivity contribution in [3.8, 4) is 17.0 Å². The van der Waals surface area contributed by atoms with Crippen molar-refractivity contribution in [3.05, 3.63) is 47.1 Å². The molecule has 1 N–H and O–H groups in total. The monoisotopic (exact) mass is 431 g/mol. The minimum Gasteiger partial charge on any atom is -0.497 e. The van der Waals surface area contributed by atoms with E-state index in [0.717, 1.165) is 11.5 Å². The molecule has 0 radical (unpaired) electrons. The van der Waals surface area contributed by atoms with Crippen LogP contribution in [0.1, 0.15) is 20.0 Å². The second-order valence-electron chi connectivity index (χ2n) is 5.53. The van der Waals surface area contributed by atoms with E-state index in [9.17, 15) is 9.59 Å². The lowest BCUT2D eigenvalue weighted by atomic mass is 10.2. The smallest absolute Gasteiger partial charge is 0.352 e. The van der Waals surface area contributed by atoms with Crippen LogP contribution in [0.25, 0.3) is 11.3 Å². The van der Waals surface area contributed by atoms with Crippen LogP contribution in [0.4, 0.5) is 0 Å². The molecule has 3 rings (SSSR count). The maximum Gasteiger partial charge on any atom is 0.352 e. The molecule has 150 valence electrons. The van der Waals surface area contributed by atoms with Gasteiger partial charge in [-0.05, 0) is 36.0 Å². The Labute approximate surface area is 175 Å². The number of esters is 1. The predicted octanol–water partition coefficient (Wildman–Crippen LogP) is 2.31. The highest BCUT2D eigenvalue weighted by Crippen LogP contribution is 2.24. The number of thioether (sulfide) groups is 1. The number of amides is 1. The van der Waals surface area contributed by atoms with Crippen LogP contribution in [0.3, 0.4) is 0 Å². The molecule has 0 aliphatic rings. The zero-order valence-corrected chi connectivity index (χ0v) is 17.2. The highest BCUT2D eigenvalue weighted by molar-refractivity contribution is 7.98. The lowest BCUT2D eigenvalue weighted by molar-refractivity contribution is 0.0509. The minimum absolute atomic E-state index is 0.00773. The summed E-state index contributed by atoms with van der Waals surface area (Å²) in [7, 11) is 1.53. The molecule has 9 nitrogen and oxygen atoms in total. The van der Waals surface area contributed by atoms with Crippen LogP contribution in [0.2, 0.25) is 0 Å². The number of methoxy groups -OCH3 is 1. The molecule has 0 aliphatic heterocycles. The van der Waals surface area contributed by atoms with Crippen LogP contribution >= 0.6 is 23.3 Å². The first kappa shape index (κ1) is 20.7. The zero-order chi connectivity index (χ0) is 20.6. The molecule has 1 aromatic carbocycles. The third-order valence-corrected chi connectivity index (χ3v) is 4.99. The number of hydrogen-bond donors (Lipinski definition) is 1. The molecule has 2 heterocycles. The number of hydrogen-bond acceptors (Lipinski definition) is 10. The third-order valence-electron chi connectivity index (χ3n) is 3.71. The molecule has 2 aromatic heterocycles. The second kappa shape index (κ2) is 9.94. The van der Waals surface area contributed by atoms with Gasteiger partial charge in [-0.1, -0.05) is 22.3 Å². The van der Waals surface area contributed by atoms with E-state index in [2.05, 4.69) is 24.9 Å². The zero-order valence-electron chi connectivity index (χ0n) is 15.6. The van der Waals surface area contributed by atoms with Gasteiger partial charge in [-0.2, -0.15) is 0 Å². The van der Waals surface area contributed by atoms with Crippen molar-refractivity contribution in [1.29, 1.82) is 0 Å². The Hall–Kier alpha value is -3.05. The van der Waals surface area contributed by atoms with Crippen molar-refractivity contribution in [1.82, 2.24) is 24.9 Å². The fraction of sp³-hybridized carbons (Fsp3) is 0.222. The van der Waals surface area contributed by atoms with Gasteiger partial charge in [-0.15, -0.1) is 5.10 Å². The summed E-state index contributed by atoms with van der Waals surface area (Å²) >= 11 is 2.34. The molecule has 0 fully saturated rings. The normalized spacial score (nSPS) is 10.4. The van der Waals surface area contributed by atoms with E-state index in [0.29, 0.717) is 27.7 Å². The fourth-order valence-electron chi connectivity index (χ4n) is 2.30. The number of aromatic nitrogens is 4. The summed E-state index contributed by atoms with van der Waals surface area (Å²) in [6, 6.07) is 6.77. The quantitative estimate of drug-likeness (QED) is 0.248. The van der Waals surface area contributed by atoms with Crippen LogP contribution < -0.4 is 10.1 Å². The molecule has 0 aliphatic carbocycles. The van der Waals surface area contributed by atoms with E-state index in [4.69, 9.17) is 9.47 Å². The fourth-order valence-corrected chi connectivity index (χ4v) is 3.20. The Morgan fingerprint density at radius 3 is 2.76 bits per heavy atom. The number of nitrogens with zero attached hydrogens (tertiary/aromatic N) is 4. The summed E-state index contributed by atoms with van der Waals surface area (Å²) in [6.07, 6.45) is 5.04. The number of carbonyl (C=O) groups is 2. The van der Waals surface area contributed by atoms with Gasteiger partial charge < -0.3 is 14.8 Å². The summed E-state index contributed by atoms with van der Waals surface area (Å²) in [5, 5.41) is 7.28. The van der Waals surface area contributed by atoms with Crippen LogP contribution in [0.5, 0.6) is 5.75 Å². The highest BCUT2D eigenvalue weighted by Gasteiger charge is 2.20. The Morgan fingerprint density at radius 2 is 2.03 bits per heavy atom. The maximum absolute atomic E-state index is 12.4. The first-order valence-corrected chi connectivity index (χ1v) is 10.4. The topological polar surface area (TPSA) is 116 Å². The summed E-state index contributed by atoms with van der Waals surface area (Å²) in [4.78, 5) is 33.1. The van der Waals surface area contributed by atoms with Gasteiger partial charge >= 0.3 is 5.97 Å². The molecule has 1 amide bonds. The molecule has 29 heavy (non-hydrogen) atoms. The molecule has 3 aromatic rings. The van der Waals surface area contributed by atoms with Crippen molar-refractivity contribution in [3.63, 3.8) is 0 Å². The molecule has 11 heteroatoms. The van der Waals surface area contributed by atoms with Gasteiger partial charge in [-0.25, -0.2) is 14.8 Å². The minimum atomic E-state index is -0.570. The number of carbonyl (C=O) groups excluding carboxylic acids is 2. The van der Waals surface area contributed by atoms with Gasteiger partial charge in [-0.3, -0.25) is 4.79 Å². The molecule has 0 bridgehead atoms. The standard InChI is InChI=1S/C18H17N5O4S2/c1-26-13-5-3-4-11(8-13)16(24)19-6-7-27-17(25)15-14(22-23-29-15)12-9-20-18(28-2)21-10-12/h3-5,8-10H,6-7H2,1-2H3,(H,19,24). The van der Waals surface area contributed by atoms with Crippen LogP contribution in [-0.4, -0.2) is 57.9 Å². The Morgan fingerprint density at radius 1 is 1.24 bits per heavy atom. The number of benzene rings is 1. The van der Waals surface area contributed by atoms with Crippen molar-refractivity contribution in [2.75, 3.05) is 26.5 Å². The molecule has 0 atom stereocenters. The van der Waals surface area contributed by atoms with E-state index >= 15 is 0 Å². The van der Waals surface area contributed by atoms with Crippen LogP contribution in [0.15, 0.2) is 41.8 Å². The first-order chi connectivity index (χ1) is 14.1. The van der Waals surface area contributed by atoms with Gasteiger partial charge in [0.15, 0.2) is 10.0 Å². The average molecular weight is 431 g/mol. The van der Waals surface area contributed by atoms with Gasteiger partial charge in [0, 0.05) is 23.5 Å². The third kappa shape index (κ3) is 5.27. The highest BCUT2D eigenvalue weighted by atomic mass is 32.2. The molecular formula is C18H17N5O4S2. The van der Waals surface area contributed by atoms with E-state index in [1.807, 2.05) is 6.26 Å².